The number of nitrogens with one attached hydrogen (secondary N) is 1. The summed E-state index contributed by atoms with van der Waals surface area (Å²) in [7, 11) is 1.64. The van der Waals surface area contributed by atoms with Crippen LogP contribution in [0.4, 0.5) is 0 Å². The van der Waals surface area contributed by atoms with Crippen molar-refractivity contribution in [3.05, 3.63) is 0 Å². The van der Waals surface area contributed by atoms with Gasteiger partial charge in [0.2, 0.25) is 11.8 Å². The maximum absolute atomic E-state index is 12.1. The molecule has 0 bridgehead atoms. The summed E-state index contributed by atoms with van der Waals surface area (Å²) in [6.07, 6.45) is 4.14. The van der Waals surface area contributed by atoms with Gasteiger partial charge >= 0.3 is 0 Å². The number of likely N-dealkylation sites (N-methyl/N-ethyl adjacent to an activating group) is 1. The Kier molecular flexibility index (Phi) is 3.12. The number of rotatable bonds is 5. The monoisotopic (exact) mass is 239 g/mol. The van der Waals surface area contributed by atoms with E-state index in [-0.39, 0.29) is 24.3 Å². The first-order valence-electron chi connectivity index (χ1n) is 6.25. The Morgan fingerprint density at radius 2 is 1.94 bits per heavy atom. The lowest BCUT2D eigenvalue weighted by Gasteiger charge is -2.28. The van der Waals surface area contributed by atoms with E-state index in [9.17, 15) is 9.59 Å². The molecule has 2 rings (SSSR count). The number of carbonyl (C=O) groups excluding carboxylic acids is 2. The van der Waals surface area contributed by atoms with Gasteiger partial charge in [-0.1, -0.05) is 0 Å². The van der Waals surface area contributed by atoms with Crippen molar-refractivity contribution in [2.45, 2.75) is 44.2 Å². The van der Waals surface area contributed by atoms with Crippen molar-refractivity contribution in [2.75, 3.05) is 13.6 Å². The second-order valence-electron chi connectivity index (χ2n) is 5.56. The smallest absolute Gasteiger partial charge is 0.242 e. The first kappa shape index (κ1) is 12.4. The molecule has 2 saturated carbocycles. The molecule has 5 heteroatoms. The van der Waals surface area contributed by atoms with Crippen LogP contribution in [-0.2, 0) is 9.59 Å². The Labute approximate surface area is 102 Å². The summed E-state index contributed by atoms with van der Waals surface area (Å²) in [5.74, 6) is 0.0600. The zero-order chi connectivity index (χ0) is 12.6. The lowest BCUT2D eigenvalue weighted by atomic mass is 9.95. The number of nitrogens with two attached hydrogens (primary N) is 1. The van der Waals surface area contributed by atoms with Gasteiger partial charge in [0.25, 0.3) is 0 Å². The summed E-state index contributed by atoms with van der Waals surface area (Å²) in [6, 6.07) is 0.332. The van der Waals surface area contributed by atoms with E-state index in [1.165, 1.54) is 4.90 Å². The highest BCUT2D eigenvalue weighted by Gasteiger charge is 2.45. The highest BCUT2D eigenvalue weighted by atomic mass is 16.2. The normalized spacial score (nSPS) is 22.8. The fourth-order valence-corrected chi connectivity index (χ4v) is 2.06. The van der Waals surface area contributed by atoms with Gasteiger partial charge in [0.1, 0.15) is 0 Å². The van der Waals surface area contributed by atoms with Crippen LogP contribution in [-0.4, -0.2) is 41.9 Å². The van der Waals surface area contributed by atoms with Gasteiger partial charge in [-0.3, -0.25) is 9.59 Å². The number of hydrogen-bond acceptors (Lipinski definition) is 3. The lowest BCUT2D eigenvalue weighted by Crippen LogP contribution is -2.55. The predicted molar refractivity (Wildman–Crippen MR) is 64.1 cm³/mol. The molecule has 0 radical (unpaired) electrons. The molecule has 2 amide bonds. The van der Waals surface area contributed by atoms with E-state index in [0.717, 1.165) is 25.7 Å². The number of nitrogens with zero attached hydrogens (tertiary/aromatic N) is 1. The van der Waals surface area contributed by atoms with Crippen LogP contribution < -0.4 is 11.1 Å². The average Bonchev–Trinajstić information content (AvgIpc) is 3.07. The molecule has 17 heavy (non-hydrogen) atoms. The topological polar surface area (TPSA) is 75.4 Å². The molecule has 3 N–H and O–H groups in total. The lowest BCUT2D eigenvalue weighted by molar-refractivity contribution is -0.139. The van der Waals surface area contributed by atoms with Crippen molar-refractivity contribution in [3.63, 3.8) is 0 Å². The third kappa shape index (κ3) is 2.97. The van der Waals surface area contributed by atoms with E-state index in [4.69, 9.17) is 5.73 Å². The molecule has 2 fully saturated rings. The van der Waals surface area contributed by atoms with Crippen molar-refractivity contribution in [1.82, 2.24) is 10.2 Å². The van der Waals surface area contributed by atoms with Gasteiger partial charge in [-0.05, 0) is 38.5 Å². The maximum Gasteiger partial charge on any atom is 0.242 e. The van der Waals surface area contributed by atoms with E-state index >= 15 is 0 Å². The van der Waals surface area contributed by atoms with E-state index < -0.39 is 5.54 Å². The van der Waals surface area contributed by atoms with E-state index in [1.807, 2.05) is 0 Å². The summed E-state index contributed by atoms with van der Waals surface area (Å²) in [6.45, 7) is 1.87. The molecule has 2 aliphatic rings. The van der Waals surface area contributed by atoms with Gasteiger partial charge in [-0.15, -0.1) is 0 Å². The quantitative estimate of drug-likeness (QED) is 0.700. The summed E-state index contributed by atoms with van der Waals surface area (Å²) in [5, 5.41) is 2.86. The van der Waals surface area contributed by atoms with E-state index in [0.29, 0.717) is 6.04 Å². The van der Waals surface area contributed by atoms with Crippen molar-refractivity contribution in [2.24, 2.45) is 11.7 Å². The van der Waals surface area contributed by atoms with Crippen molar-refractivity contribution in [1.29, 1.82) is 0 Å². The predicted octanol–water partition coefficient (Wildman–Crippen LogP) is -0.149. The third-order valence-electron chi connectivity index (χ3n) is 3.56. The van der Waals surface area contributed by atoms with Crippen LogP contribution in [0.25, 0.3) is 0 Å². The van der Waals surface area contributed by atoms with Crippen molar-refractivity contribution in [3.8, 4) is 0 Å². The minimum atomic E-state index is -0.811. The van der Waals surface area contributed by atoms with Crippen LogP contribution in [0.1, 0.15) is 32.6 Å². The molecule has 0 saturated heterocycles. The Morgan fingerprint density at radius 3 is 2.41 bits per heavy atom. The summed E-state index contributed by atoms with van der Waals surface area (Å²) in [5.41, 5.74) is 5.22. The van der Waals surface area contributed by atoms with Gasteiger partial charge < -0.3 is 16.0 Å². The number of amides is 2. The Bertz CT molecular complexity index is 333. The highest BCUT2D eigenvalue weighted by molar-refractivity contribution is 5.90. The first-order chi connectivity index (χ1) is 7.91. The van der Waals surface area contributed by atoms with Gasteiger partial charge in [-0.25, -0.2) is 0 Å². The standard InChI is InChI=1S/C12H21N3O2/c1-12(13,8-3-4-8)11(17)15(2)7-10(16)14-9-5-6-9/h8-9H,3-7,13H2,1-2H3,(H,14,16). The molecular formula is C12H21N3O2. The minimum Gasteiger partial charge on any atom is -0.352 e. The molecule has 0 aromatic heterocycles. The SMILES string of the molecule is CN(CC(=O)NC1CC1)C(=O)C(C)(N)C1CC1. The summed E-state index contributed by atoms with van der Waals surface area (Å²) < 4.78 is 0. The Balaban J connectivity index is 1.83. The summed E-state index contributed by atoms with van der Waals surface area (Å²) in [4.78, 5) is 25.1. The molecule has 2 aliphatic carbocycles. The van der Waals surface area contributed by atoms with Crippen molar-refractivity contribution < 1.29 is 9.59 Å². The summed E-state index contributed by atoms with van der Waals surface area (Å²) >= 11 is 0. The maximum atomic E-state index is 12.1. The van der Waals surface area contributed by atoms with Gasteiger partial charge in [-0.2, -0.15) is 0 Å². The van der Waals surface area contributed by atoms with Crippen LogP contribution in [0, 0.1) is 5.92 Å². The molecule has 0 heterocycles. The molecule has 96 valence electrons. The average molecular weight is 239 g/mol. The largest absolute Gasteiger partial charge is 0.352 e. The van der Waals surface area contributed by atoms with Crippen LogP contribution in [0.5, 0.6) is 0 Å². The van der Waals surface area contributed by atoms with Gasteiger partial charge in [0, 0.05) is 13.1 Å². The fourth-order valence-electron chi connectivity index (χ4n) is 2.06. The second kappa shape index (κ2) is 4.29. The highest BCUT2D eigenvalue weighted by Crippen LogP contribution is 2.38. The molecule has 1 atom stereocenters. The zero-order valence-electron chi connectivity index (χ0n) is 10.5. The van der Waals surface area contributed by atoms with Crippen LogP contribution in [0.2, 0.25) is 0 Å². The van der Waals surface area contributed by atoms with Crippen LogP contribution in [0.3, 0.4) is 0 Å². The number of carbonyl (C=O) groups is 2. The third-order valence-corrected chi connectivity index (χ3v) is 3.56. The molecule has 1 unspecified atom stereocenters. The van der Waals surface area contributed by atoms with E-state index in [2.05, 4.69) is 5.32 Å². The van der Waals surface area contributed by atoms with Crippen LogP contribution >= 0.6 is 0 Å². The Morgan fingerprint density at radius 1 is 1.35 bits per heavy atom. The molecule has 5 nitrogen and oxygen atoms in total. The van der Waals surface area contributed by atoms with Crippen LogP contribution in [0.15, 0.2) is 0 Å². The zero-order valence-corrected chi connectivity index (χ0v) is 10.5. The first-order valence-corrected chi connectivity index (χ1v) is 6.25. The minimum absolute atomic E-state index is 0.0880. The van der Waals surface area contributed by atoms with E-state index in [1.54, 1.807) is 14.0 Å². The fraction of sp³-hybridized carbons (Fsp3) is 0.833. The van der Waals surface area contributed by atoms with Crippen molar-refractivity contribution >= 4 is 11.8 Å². The molecule has 0 aromatic carbocycles. The molecular weight excluding hydrogens is 218 g/mol. The molecule has 0 aliphatic heterocycles. The molecule has 0 spiro atoms. The number of hydrogen-bond donors (Lipinski definition) is 2. The second-order valence-corrected chi connectivity index (χ2v) is 5.56. The Hall–Kier alpha value is -1.10. The van der Waals surface area contributed by atoms with Gasteiger partial charge in [0.05, 0.1) is 12.1 Å². The molecule has 0 aromatic rings. The van der Waals surface area contributed by atoms with Gasteiger partial charge in [0.15, 0.2) is 0 Å².